The number of anilines is 1. The van der Waals surface area contributed by atoms with Gasteiger partial charge in [-0.3, -0.25) is 0 Å². The molecule has 2 aromatic carbocycles. The number of benzene rings is 2. The van der Waals surface area contributed by atoms with Crippen LogP contribution in [0.3, 0.4) is 0 Å². The van der Waals surface area contributed by atoms with E-state index in [2.05, 4.69) is 38.4 Å². The highest BCUT2D eigenvalue weighted by Gasteiger charge is 2.35. The van der Waals surface area contributed by atoms with Crippen molar-refractivity contribution in [2.75, 3.05) is 11.9 Å². The van der Waals surface area contributed by atoms with Gasteiger partial charge in [0.2, 0.25) is 11.1 Å². The Kier molecular flexibility index (Phi) is 6.77. The van der Waals surface area contributed by atoms with E-state index in [1.54, 1.807) is 16.4 Å². The minimum atomic E-state index is -0.410. The summed E-state index contributed by atoms with van der Waals surface area (Å²) in [6, 6.07) is 17.7. The summed E-state index contributed by atoms with van der Waals surface area (Å²) in [6.07, 6.45) is 0.767. The highest BCUT2D eigenvalue weighted by atomic mass is 79.9. The summed E-state index contributed by atoms with van der Waals surface area (Å²) < 4.78 is 8.25. The Hall–Kier alpha value is -2.58. The highest BCUT2D eigenvalue weighted by molar-refractivity contribution is 9.10. The zero-order chi connectivity index (χ0) is 21.8. The van der Waals surface area contributed by atoms with Crippen LogP contribution in [-0.2, 0) is 15.3 Å². The minimum absolute atomic E-state index is 0.334. The molecule has 4 rings (SSSR count). The van der Waals surface area contributed by atoms with Crippen LogP contribution in [0.15, 0.2) is 75.5 Å². The second-order valence-electron chi connectivity index (χ2n) is 7.19. The molecule has 0 aliphatic carbocycles. The Morgan fingerprint density at radius 1 is 1.19 bits per heavy atom. The van der Waals surface area contributed by atoms with E-state index in [0.29, 0.717) is 23.3 Å². The van der Waals surface area contributed by atoms with E-state index >= 15 is 0 Å². The predicted octanol–water partition coefficient (Wildman–Crippen LogP) is 5.58. The molecule has 3 aromatic rings. The zero-order valence-electron chi connectivity index (χ0n) is 17.3. The highest BCUT2D eigenvalue weighted by Crippen LogP contribution is 2.37. The molecule has 0 fully saturated rings. The average Bonchev–Trinajstić information content (AvgIpc) is 3.19. The van der Waals surface area contributed by atoms with Gasteiger partial charge < -0.3 is 10.1 Å². The number of carbonyl (C=O) groups is 1. The number of thioether (sulfide) groups is 1. The molecule has 8 heteroatoms. The molecular weight excluding hydrogens is 476 g/mol. The molecule has 0 amide bonds. The first-order valence-electron chi connectivity index (χ1n) is 10.1. The number of rotatable bonds is 7. The lowest BCUT2D eigenvalue weighted by Gasteiger charge is -2.28. The van der Waals surface area contributed by atoms with Crippen molar-refractivity contribution in [1.29, 1.82) is 0 Å². The van der Waals surface area contributed by atoms with Crippen molar-refractivity contribution < 1.29 is 9.53 Å². The number of ether oxygens (including phenoxy) is 1. The molecule has 6 nitrogen and oxygen atoms in total. The maximum atomic E-state index is 12.9. The molecule has 1 atom stereocenters. The number of esters is 1. The van der Waals surface area contributed by atoms with E-state index in [1.807, 2.05) is 56.3 Å². The first kappa shape index (κ1) is 21.6. The van der Waals surface area contributed by atoms with E-state index in [-0.39, 0.29) is 5.97 Å². The molecule has 0 radical (unpaired) electrons. The van der Waals surface area contributed by atoms with Crippen LogP contribution in [0.5, 0.6) is 0 Å². The summed E-state index contributed by atoms with van der Waals surface area (Å²) in [5.74, 6) is 1.05. The van der Waals surface area contributed by atoms with Gasteiger partial charge in [-0.25, -0.2) is 9.48 Å². The van der Waals surface area contributed by atoms with Crippen molar-refractivity contribution in [3.63, 3.8) is 0 Å². The lowest BCUT2D eigenvalue weighted by molar-refractivity contribution is -0.139. The van der Waals surface area contributed by atoms with E-state index in [1.165, 1.54) is 5.56 Å². The fourth-order valence-electron chi connectivity index (χ4n) is 3.40. The molecule has 31 heavy (non-hydrogen) atoms. The van der Waals surface area contributed by atoms with Gasteiger partial charge in [0.25, 0.3) is 0 Å². The number of hydrogen-bond donors (Lipinski definition) is 1. The number of carbonyl (C=O) groups excluding carboxylic acids is 1. The maximum Gasteiger partial charge on any atom is 0.338 e. The molecule has 0 spiro atoms. The molecule has 1 N–H and O–H groups in total. The third-order valence-corrected chi connectivity index (χ3v) is 6.32. The molecule has 0 bridgehead atoms. The summed E-state index contributed by atoms with van der Waals surface area (Å²) >= 11 is 5.05. The van der Waals surface area contributed by atoms with Crippen LogP contribution >= 0.6 is 27.7 Å². The predicted molar refractivity (Wildman–Crippen MR) is 126 cm³/mol. The molecule has 1 aliphatic rings. The largest absolute Gasteiger partial charge is 0.462 e. The van der Waals surface area contributed by atoms with Crippen molar-refractivity contribution in [2.45, 2.75) is 37.2 Å². The number of nitrogens with zero attached hydrogens (tertiary/aromatic N) is 3. The van der Waals surface area contributed by atoms with Gasteiger partial charge in [-0.1, -0.05) is 77.1 Å². The summed E-state index contributed by atoms with van der Waals surface area (Å²) in [4.78, 5) is 17.6. The molecular formula is C23H23BrN4O2S. The summed E-state index contributed by atoms with van der Waals surface area (Å²) in [5, 5.41) is 8.65. The normalized spacial score (nSPS) is 15.4. The van der Waals surface area contributed by atoms with Gasteiger partial charge in [0.1, 0.15) is 6.04 Å². The van der Waals surface area contributed by atoms with Crippen LogP contribution in [0, 0.1) is 0 Å². The second-order valence-corrected chi connectivity index (χ2v) is 9.05. The molecule has 0 saturated carbocycles. The van der Waals surface area contributed by atoms with Gasteiger partial charge in [-0.15, -0.1) is 5.10 Å². The smallest absolute Gasteiger partial charge is 0.338 e. The average molecular weight is 499 g/mol. The molecule has 1 aromatic heterocycles. The number of halogens is 1. The quantitative estimate of drug-likeness (QED) is 0.339. The Labute approximate surface area is 194 Å². The first-order valence-corrected chi connectivity index (χ1v) is 11.9. The van der Waals surface area contributed by atoms with Crippen molar-refractivity contribution in [3.8, 4) is 0 Å². The lowest BCUT2D eigenvalue weighted by Crippen LogP contribution is -2.29. The van der Waals surface area contributed by atoms with Gasteiger partial charge >= 0.3 is 5.97 Å². The number of allylic oxidation sites excluding steroid dienone is 1. The topological polar surface area (TPSA) is 69.0 Å². The van der Waals surface area contributed by atoms with Crippen molar-refractivity contribution in [3.05, 3.63) is 81.5 Å². The van der Waals surface area contributed by atoms with Gasteiger partial charge in [-0.05, 0) is 36.6 Å². The van der Waals surface area contributed by atoms with Crippen LogP contribution in [-0.4, -0.2) is 27.3 Å². The zero-order valence-corrected chi connectivity index (χ0v) is 19.7. The molecule has 2 heterocycles. The van der Waals surface area contributed by atoms with Crippen molar-refractivity contribution in [2.24, 2.45) is 0 Å². The summed E-state index contributed by atoms with van der Waals surface area (Å²) in [7, 11) is 0. The van der Waals surface area contributed by atoms with Gasteiger partial charge in [-0.2, -0.15) is 4.98 Å². The van der Waals surface area contributed by atoms with Gasteiger partial charge in [0.15, 0.2) is 0 Å². The molecule has 0 saturated heterocycles. The minimum Gasteiger partial charge on any atom is -0.462 e. The number of aromatic nitrogens is 3. The molecule has 160 valence electrons. The van der Waals surface area contributed by atoms with Crippen LogP contribution in [0.25, 0.3) is 0 Å². The van der Waals surface area contributed by atoms with Crippen molar-refractivity contribution in [1.82, 2.24) is 14.8 Å². The van der Waals surface area contributed by atoms with E-state index in [4.69, 9.17) is 9.84 Å². The first-order chi connectivity index (χ1) is 15.1. The third kappa shape index (κ3) is 4.85. The Bertz CT molecular complexity index is 1100. The Morgan fingerprint density at radius 3 is 2.65 bits per heavy atom. The number of nitrogens with one attached hydrogen (secondary N) is 1. The second kappa shape index (κ2) is 9.70. The molecule has 1 unspecified atom stereocenters. The van der Waals surface area contributed by atoms with E-state index < -0.39 is 6.04 Å². The monoisotopic (exact) mass is 498 g/mol. The lowest BCUT2D eigenvalue weighted by atomic mass is 9.96. The SMILES string of the molecule is CCCOC(=O)C1=C(C)Nc2nc(SCc3ccccc3)nn2C1c1ccc(Br)cc1. The van der Waals surface area contributed by atoms with E-state index in [9.17, 15) is 4.79 Å². The standard InChI is InChI=1S/C23H23BrN4O2S/c1-3-13-30-21(29)19-15(2)25-22-26-23(31-14-16-7-5-4-6-8-16)27-28(22)20(19)17-9-11-18(24)12-10-17/h4-12,20H,3,13-14H2,1-2H3,(H,25,26,27). The fraction of sp³-hybridized carbons (Fsp3) is 0.261. The van der Waals surface area contributed by atoms with Crippen LogP contribution in [0.2, 0.25) is 0 Å². The van der Waals surface area contributed by atoms with Crippen LogP contribution in [0.4, 0.5) is 5.95 Å². The van der Waals surface area contributed by atoms with E-state index in [0.717, 1.165) is 27.9 Å². The Balaban J connectivity index is 1.68. The summed E-state index contributed by atoms with van der Waals surface area (Å²) in [5.41, 5.74) is 3.43. The summed E-state index contributed by atoms with van der Waals surface area (Å²) in [6.45, 7) is 4.24. The van der Waals surface area contributed by atoms with Crippen LogP contribution < -0.4 is 5.32 Å². The number of fused-ring (bicyclic) bond motifs is 1. The fourth-order valence-corrected chi connectivity index (χ4v) is 4.45. The number of hydrogen-bond acceptors (Lipinski definition) is 6. The van der Waals surface area contributed by atoms with Crippen molar-refractivity contribution >= 4 is 39.6 Å². The van der Waals surface area contributed by atoms with Crippen LogP contribution in [0.1, 0.15) is 37.4 Å². The van der Waals surface area contributed by atoms with Gasteiger partial charge in [0.05, 0.1) is 12.2 Å². The maximum absolute atomic E-state index is 12.9. The third-order valence-electron chi connectivity index (χ3n) is 4.89. The molecule has 1 aliphatic heterocycles. The van der Waals surface area contributed by atoms with Gasteiger partial charge in [0, 0.05) is 15.9 Å². The Morgan fingerprint density at radius 2 is 1.94 bits per heavy atom.